The van der Waals surface area contributed by atoms with Crippen LogP contribution >= 0.6 is 11.3 Å². The van der Waals surface area contributed by atoms with Crippen LogP contribution in [0.5, 0.6) is 5.75 Å². The lowest BCUT2D eigenvalue weighted by molar-refractivity contribution is -0.137. The summed E-state index contributed by atoms with van der Waals surface area (Å²) in [6.07, 6.45) is 2.41. The van der Waals surface area contributed by atoms with Gasteiger partial charge in [-0.2, -0.15) is 18.2 Å². The van der Waals surface area contributed by atoms with Gasteiger partial charge in [0.15, 0.2) is 4.80 Å². The maximum Gasteiger partial charge on any atom is 0.416 e. The topological polar surface area (TPSA) is 65.7 Å². The first-order valence-corrected chi connectivity index (χ1v) is 12.5. The summed E-state index contributed by atoms with van der Waals surface area (Å²) in [6.45, 7) is 7.42. The average Bonchev–Trinajstić information content (AvgIpc) is 3.48. The minimum Gasteiger partial charge on any atom is -0.488 e. The van der Waals surface area contributed by atoms with Crippen LogP contribution in [0.15, 0.2) is 53.9 Å². The van der Waals surface area contributed by atoms with Crippen molar-refractivity contribution in [2.75, 3.05) is 6.61 Å². The lowest BCUT2D eigenvalue weighted by Gasteiger charge is -2.15. The molecule has 1 amide bonds. The highest BCUT2D eigenvalue weighted by Crippen LogP contribution is 2.33. The third kappa shape index (κ3) is 6.41. The predicted octanol–water partition coefficient (Wildman–Crippen LogP) is 5.76. The second kappa shape index (κ2) is 10.6. The summed E-state index contributed by atoms with van der Waals surface area (Å²) in [5.41, 5.74) is -0.657. The molecule has 10 heteroatoms. The van der Waals surface area contributed by atoms with E-state index in [0.29, 0.717) is 18.0 Å². The number of rotatable bonds is 6. The van der Waals surface area contributed by atoms with E-state index in [1.54, 1.807) is 24.5 Å². The fourth-order valence-corrected chi connectivity index (χ4v) is 4.80. The fraction of sp³-hybridized carbons (Fsp3) is 0.423. The van der Waals surface area contributed by atoms with Gasteiger partial charge in [-0.3, -0.25) is 9.78 Å². The molecule has 4 rings (SSSR count). The van der Waals surface area contributed by atoms with Gasteiger partial charge in [-0.15, -0.1) is 11.3 Å². The molecule has 0 aliphatic carbocycles. The smallest absolute Gasteiger partial charge is 0.416 e. The zero-order valence-corrected chi connectivity index (χ0v) is 21.2. The van der Waals surface area contributed by atoms with Crippen LogP contribution in [0.2, 0.25) is 0 Å². The van der Waals surface area contributed by atoms with Gasteiger partial charge in [0.1, 0.15) is 12.4 Å². The molecule has 0 unspecified atom stereocenters. The number of alkyl halides is 3. The van der Waals surface area contributed by atoms with Gasteiger partial charge in [-0.25, -0.2) is 0 Å². The summed E-state index contributed by atoms with van der Waals surface area (Å²) >= 11 is 1.35. The lowest BCUT2D eigenvalue weighted by atomic mass is 9.95. The van der Waals surface area contributed by atoms with Crippen molar-refractivity contribution in [1.29, 1.82) is 0 Å². The van der Waals surface area contributed by atoms with Gasteiger partial charge in [-0.1, -0.05) is 26.8 Å². The molecular weight excluding hydrogens is 491 g/mol. The molecule has 3 heterocycles. The Balaban J connectivity index is 1.72. The minimum absolute atomic E-state index is 0.00778. The third-order valence-electron chi connectivity index (χ3n) is 5.74. The molecule has 0 spiro atoms. The number of amides is 1. The number of benzene rings is 1. The molecule has 1 saturated heterocycles. The first-order valence-electron chi connectivity index (χ1n) is 11.6. The van der Waals surface area contributed by atoms with E-state index in [2.05, 4.69) is 30.7 Å². The Labute approximate surface area is 211 Å². The Morgan fingerprint density at radius 2 is 2.08 bits per heavy atom. The highest BCUT2D eigenvalue weighted by atomic mass is 32.1. The number of carbonyl (C=O) groups is 1. The van der Waals surface area contributed by atoms with Crippen LogP contribution in [0.25, 0.3) is 0 Å². The number of carbonyl (C=O) groups excluding carboxylic acids is 1. The third-order valence-corrected chi connectivity index (χ3v) is 7.18. The Morgan fingerprint density at radius 1 is 1.28 bits per heavy atom. The van der Waals surface area contributed by atoms with Crippen LogP contribution in [0, 0.1) is 0 Å². The monoisotopic (exact) mass is 519 g/mol. The van der Waals surface area contributed by atoms with Gasteiger partial charge in [0.2, 0.25) is 0 Å². The Morgan fingerprint density at radius 3 is 2.72 bits per heavy atom. The van der Waals surface area contributed by atoms with Crippen molar-refractivity contribution in [3.05, 3.63) is 75.3 Å². The Hall–Kier alpha value is -2.98. The van der Waals surface area contributed by atoms with Crippen LogP contribution in [0.4, 0.5) is 13.2 Å². The SMILES string of the molecule is CC(C)(C)c1cn(C[C@H]2CCCO2)c(=NC(=O)c2cc(C(F)(F)F)ccc2OCc2cccnc2)s1. The maximum atomic E-state index is 13.5. The van der Waals surface area contributed by atoms with Crippen molar-refractivity contribution in [1.82, 2.24) is 9.55 Å². The van der Waals surface area contributed by atoms with Gasteiger partial charge in [0, 0.05) is 35.6 Å². The summed E-state index contributed by atoms with van der Waals surface area (Å²) in [7, 11) is 0. The Kier molecular flexibility index (Phi) is 7.65. The molecule has 3 aromatic rings. The number of nitrogens with zero attached hydrogens (tertiary/aromatic N) is 3. The highest BCUT2D eigenvalue weighted by Gasteiger charge is 2.32. The molecular formula is C26H28F3N3O3S. The number of pyridine rings is 1. The number of hydrogen-bond donors (Lipinski definition) is 0. The number of aromatic nitrogens is 2. The molecule has 6 nitrogen and oxygen atoms in total. The molecule has 1 aliphatic heterocycles. The fourth-order valence-electron chi connectivity index (χ4n) is 3.74. The van der Waals surface area contributed by atoms with Crippen LogP contribution in [-0.2, 0) is 29.5 Å². The summed E-state index contributed by atoms with van der Waals surface area (Å²) in [6, 6.07) is 6.36. The normalized spacial score (nSPS) is 16.9. The van der Waals surface area contributed by atoms with E-state index < -0.39 is 17.6 Å². The largest absolute Gasteiger partial charge is 0.488 e. The minimum atomic E-state index is -4.61. The van der Waals surface area contributed by atoms with E-state index in [1.807, 2.05) is 10.8 Å². The number of thiazole rings is 1. The van der Waals surface area contributed by atoms with E-state index in [9.17, 15) is 18.0 Å². The first kappa shape index (κ1) is 26.1. The van der Waals surface area contributed by atoms with E-state index in [-0.39, 0.29) is 29.4 Å². The molecule has 1 atom stereocenters. The molecule has 1 aliphatic rings. The summed E-state index contributed by atoms with van der Waals surface area (Å²) in [4.78, 5) is 23.0. The molecule has 1 fully saturated rings. The van der Waals surface area contributed by atoms with Gasteiger partial charge < -0.3 is 14.0 Å². The van der Waals surface area contributed by atoms with Crippen molar-refractivity contribution in [2.45, 2.75) is 64.5 Å². The molecule has 192 valence electrons. The van der Waals surface area contributed by atoms with E-state index in [4.69, 9.17) is 9.47 Å². The quantitative estimate of drug-likeness (QED) is 0.415. The Bertz CT molecular complexity index is 1270. The second-order valence-corrected chi connectivity index (χ2v) is 10.7. The molecule has 2 aromatic heterocycles. The summed E-state index contributed by atoms with van der Waals surface area (Å²) in [5.74, 6) is -0.774. The van der Waals surface area contributed by atoms with Gasteiger partial charge in [-0.05, 0) is 42.5 Å². The lowest BCUT2D eigenvalue weighted by Crippen LogP contribution is -2.23. The van der Waals surface area contributed by atoms with Gasteiger partial charge in [0.05, 0.1) is 23.8 Å². The highest BCUT2D eigenvalue weighted by molar-refractivity contribution is 7.09. The zero-order valence-electron chi connectivity index (χ0n) is 20.3. The zero-order chi connectivity index (χ0) is 25.9. The van der Waals surface area contributed by atoms with Crippen molar-refractivity contribution in [2.24, 2.45) is 4.99 Å². The second-order valence-electron chi connectivity index (χ2n) is 9.69. The van der Waals surface area contributed by atoms with Crippen LogP contribution in [-0.4, -0.2) is 28.2 Å². The van der Waals surface area contributed by atoms with Crippen LogP contribution < -0.4 is 9.54 Å². The van der Waals surface area contributed by atoms with Crippen molar-refractivity contribution in [3.63, 3.8) is 0 Å². The number of halogens is 3. The number of ether oxygens (including phenoxy) is 2. The summed E-state index contributed by atoms with van der Waals surface area (Å²) in [5, 5.41) is 0. The number of hydrogen-bond acceptors (Lipinski definition) is 5. The molecule has 1 aromatic carbocycles. The molecule has 0 radical (unpaired) electrons. The van der Waals surface area contributed by atoms with Crippen molar-refractivity contribution in [3.8, 4) is 5.75 Å². The molecule has 0 bridgehead atoms. The van der Waals surface area contributed by atoms with Crippen LogP contribution in [0.1, 0.15) is 60.0 Å². The van der Waals surface area contributed by atoms with E-state index in [0.717, 1.165) is 41.5 Å². The van der Waals surface area contributed by atoms with E-state index in [1.165, 1.54) is 11.3 Å². The van der Waals surface area contributed by atoms with Gasteiger partial charge in [0.25, 0.3) is 5.91 Å². The van der Waals surface area contributed by atoms with Crippen molar-refractivity contribution < 1.29 is 27.4 Å². The van der Waals surface area contributed by atoms with Crippen molar-refractivity contribution >= 4 is 17.2 Å². The maximum absolute atomic E-state index is 13.5. The molecule has 36 heavy (non-hydrogen) atoms. The predicted molar refractivity (Wildman–Crippen MR) is 130 cm³/mol. The van der Waals surface area contributed by atoms with E-state index >= 15 is 0 Å². The van der Waals surface area contributed by atoms with Gasteiger partial charge >= 0.3 is 6.18 Å². The first-order chi connectivity index (χ1) is 17.0. The molecule has 0 saturated carbocycles. The standard InChI is InChI=1S/C26H28F3N3O3S/c1-25(2,3)22-15-32(14-19-7-5-11-34-19)24(36-22)31-23(33)20-12-18(26(27,28)29)8-9-21(20)35-16-17-6-4-10-30-13-17/h4,6,8-10,12-13,15,19H,5,7,11,14,16H2,1-3H3/t19-/m1/s1. The van der Waals surface area contributed by atoms with Crippen LogP contribution in [0.3, 0.4) is 0 Å². The average molecular weight is 520 g/mol. The molecule has 0 N–H and O–H groups in total. The summed E-state index contributed by atoms with van der Waals surface area (Å²) < 4.78 is 53.7.